The van der Waals surface area contributed by atoms with Crippen LogP contribution in [0.25, 0.3) is 0 Å². The second kappa shape index (κ2) is 3.41. The Kier molecular flexibility index (Phi) is 2.38. The maximum Gasteiger partial charge on any atom is 0.163 e. The first kappa shape index (κ1) is 9.76. The minimum atomic E-state index is 0.610. The summed E-state index contributed by atoms with van der Waals surface area (Å²) in [6, 6.07) is 2.29. The molecule has 0 amide bonds. The number of aromatic nitrogens is 1. The molecule has 0 saturated heterocycles. The van der Waals surface area contributed by atoms with Gasteiger partial charge in [-0.15, -0.1) is 0 Å². The van der Waals surface area contributed by atoms with E-state index >= 15 is 0 Å². The molecule has 2 rings (SSSR count). The third kappa shape index (κ3) is 1.70. The maximum atomic E-state index is 4.57. The van der Waals surface area contributed by atoms with Gasteiger partial charge >= 0.3 is 0 Å². The molecule has 74 valence electrons. The number of rotatable bonds is 2. The van der Waals surface area contributed by atoms with E-state index in [0.29, 0.717) is 5.92 Å². The first-order valence-electron chi connectivity index (χ1n) is 5.57. The molecule has 1 aliphatic carbocycles. The molecule has 2 heteroatoms. The number of hydrogen-bond donors (Lipinski definition) is 0. The fourth-order valence-electron chi connectivity index (χ4n) is 2.35. The normalized spacial score (nSPS) is 16.3. The third-order valence-corrected chi connectivity index (χ3v) is 3.00. The third-order valence-electron chi connectivity index (χ3n) is 3.00. The number of nitrogens with zero attached hydrogens (tertiary/aromatic N) is 1. The molecule has 1 nitrogen and oxygen atoms in total. The quantitative estimate of drug-likeness (QED) is 0.641. The Morgan fingerprint density at radius 3 is 2.57 bits per heavy atom. The molecule has 1 fully saturated rings. The zero-order chi connectivity index (χ0) is 10.3. The van der Waals surface area contributed by atoms with Crippen molar-refractivity contribution in [2.24, 2.45) is 0 Å². The number of aryl methyl sites for hydroxylation is 1. The van der Waals surface area contributed by atoms with Gasteiger partial charge in [0, 0.05) is 5.69 Å². The fourth-order valence-corrected chi connectivity index (χ4v) is 2.35. The van der Waals surface area contributed by atoms with E-state index in [1.807, 2.05) is 0 Å². The van der Waals surface area contributed by atoms with E-state index in [4.69, 9.17) is 0 Å². The van der Waals surface area contributed by atoms with Gasteiger partial charge in [0.1, 0.15) is 0 Å². The van der Waals surface area contributed by atoms with E-state index in [-0.39, 0.29) is 0 Å². The molecule has 1 aromatic rings. The van der Waals surface area contributed by atoms with E-state index in [1.54, 1.807) is 5.56 Å². The van der Waals surface area contributed by atoms with Crippen molar-refractivity contribution >= 4 is 13.4 Å². The monoisotopic (exact) mass is 187 g/mol. The first-order chi connectivity index (χ1) is 6.59. The molecule has 1 aliphatic rings. The summed E-state index contributed by atoms with van der Waals surface area (Å²) in [5.41, 5.74) is 5.49. The van der Waals surface area contributed by atoms with Gasteiger partial charge in [0.2, 0.25) is 0 Å². The lowest BCUT2D eigenvalue weighted by molar-refractivity contribution is 0.820. The minimum Gasteiger partial charge on any atom is -0.269 e. The predicted molar refractivity (Wildman–Crippen MR) is 63.2 cm³/mol. The Labute approximate surface area is 87.4 Å². The van der Waals surface area contributed by atoms with Crippen molar-refractivity contribution in [1.29, 1.82) is 0 Å². The zero-order valence-corrected chi connectivity index (χ0v) is 9.59. The standard InChI is InChI=1S/C12H18BN/c1-7(2)12-8(3)14-11(13)6-10(12)9-4-5-9/h6-7,9H,4-5,13H2,1-3H3. The van der Waals surface area contributed by atoms with Gasteiger partial charge in [-0.2, -0.15) is 0 Å². The average Bonchev–Trinajstić information content (AvgIpc) is 2.82. The van der Waals surface area contributed by atoms with Crippen molar-refractivity contribution in [3.63, 3.8) is 0 Å². The lowest BCUT2D eigenvalue weighted by Gasteiger charge is -2.16. The summed E-state index contributed by atoms with van der Waals surface area (Å²) < 4.78 is 0. The van der Waals surface area contributed by atoms with Gasteiger partial charge in [-0.3, -0.25) is 4.98 Å². The molecule has 0 aliphatic heterocycles. The molecule has 0 N–H and O–H groups in total. The predicted octanol–water partition coefficient (Wildman–Crippen LogP) is 1.65. The highest BCUT2D eigenvalue weighted by Crippen LogP contribution is 2.43. The largest absolute Gasteiger partial charge is 0.269 e. The molecule has 1 saturated carbocycles. The van der Waals surface area contributed by atoms with Crippen LogP contribution in [-0.2, 0) is 0 Å². The molecule has 0 bridgehead atoms. The topological polar surface area (TPSA) is 12.9 Å². The van der Waals surface area contributed by atoms with E-state index in [2.05, 4.69) is 39.7 Å². The van der Waals surface area contributed by atoms with Crippen LogP contribution in [0.2, 0.25) is 0 Å². The highest BCUT2D eigenvalue weighted by molar-refractivity contribution is 6.30. The Balaban J connectivity index is 2.53. The molecule has 14 heavy (non-hydrogen) atoms. The van der Waals surface area contributed by atoms with Gasteiger partial charge < -0.3 is 0 Å². The molecule has 1 heterocycles. The lowest BCUT2D eigenvalue weighted by Crippen LogP contribution is -2.14. The number of hydrogen-bond acceptors (Lipinski definition) is 1. The maximum absolute atomic E-state index is 4.57. The van der Waals surface area contributed by atoms with Crippen LogP contribution in [0.4, 0.5) is 0 Å². The molecule has 0 radical (unpaired) electrons. The van der Waals surface area contributed by atoms with Gasteiger partial charge in [0.25, 0.3) is 0 Å². The van der Waals surface area contributed by atoms with Crippen LogP contribution < -0.4 is 5.59 Å². The molecule has 0 atom stereocenters. The zero-order valence-electron chi connectivity index (χ0n) is 9.59. The Morgan fingerprint density at radius 2 is 2.07 bits per heavy atom. The molecule has 0 aromatic carbocycles. The second-order valence-electron chi connectivity index (χ2n) is 4.78. The van der Waals surface area contributed by atoms with Crippen molar-refractivity contribution in [3.05, 3.63) is 22.9 Å². The summed E-state index contributed by atoms with van der Waals surface area (Å²) in [7, 11) is 2.10. The molecule has 0 spiro atoms. The van der Waals surface area contributed by atoms with E-state index in [0.717, 1.165) is 5.92 Å². The molecular formula is C12H18BN. The number of pyridine rings is 1. The van der Waals surface area contributed by atoms with Crippen molar-refractivity contribution in [3.8, 4) is 0 Å². The summed E-state index contributed by atoms with van der Waals surface area (Å²) in [5.74, 6) is 1.45. The van der Waals surface area contributed by atoms with Crippen LogP contribution in [0.15, 0.2) is 6.07 Å². The summed E-state index contributed by atoms with van der Waals surface area (Å²) in [6.45, 7) is 6.69. The van der Waals surface area contributed by atoms with Crippen LogP contribution in [0, 0.1) is 6.92 Å². The SMILES string of the molecule is Bc1cc(C2CC2)c(C(C)C)c(C)n1. The van der Waals surface area contributed by atoms with Gasteiger partial charge in [0.05, 0.1) is 0 Å². The van der Waals surface area contributed by atoms with Crippen LogP contribution in [0.3, 0.4) is 0 Å². The van der Waals surface area contributed by atoms with E-state index in [1.165, 1.54) is 29.7 Å². The first-order valence-corrected chi connectivity index (χ1v) is 5.57. The minimum absolute atomic E-state index is 0.610. The highest BCUT2D eigenvalue weighted by Gasteiger charge is 2.27. The smallest absolute Gasteiger partial charge is 0.163 e. The summed E-state index contributed by atoms with van der Waals surface area (Å²) in [6.07, 6.45) is 2.76. The Hall–Kier alpha value is -0.785. The van der Waals surface area contributed by atoms with Crippen molar-refractivity contribution in [1.82, 2.24) is 4.98 Å². The van der Waals surface area contributed by atoms with E-state index < -0.39 is 0 Å². The van der Waals surface area contributed by atoms with Crippen molar-refractivity contribution in [2.75, 3.05) is 0 Å². The average molecular weight is 187 g/mol. The highest BCUT2D eigenvalue weighted by atomic mass is 14.7. The summed E-state index contributed by atoms with van der Waals surface area (Å²) >= 11 is 0. The van der Waals surface area contributed by atoms with Gasteiger partial charge in [-0.1, -0.05) is 13.8 Å². The van der Waals surface area contributed by atoms with Crippen LogP contribution >= 0.6 is 0 Å². The second-order valence-corrected chi connectivity index (χ2v) is 4.78. The molecule has 0 unspecified atom stereocenters. The van der Waals surface area contributed by atoms with Crippen molar-refractivity contribution in [2.45, 2.75) is 45.4 Å². The van der Waals surface area contributed by atoms with Crippen LogP contribution in [0.5, 0.6) is 0 Å². The van der Waals surface area contributed by atoms with Gasteiger partial charge in [-0.25, -0.2) is 0 Å². The fraction of sp³-hybridized carbons (Fsp3) is 0.583. The summed E-state index contributed by atoms with van der Waals surface area (Å²) in [5, 5.41) is 0. The van der Waals surface area contributed by atoms with Crippen molar-refractivity contribution < 1.29 is 0 Å². The van der Waals surface area contributed by atoms with Gasteiger partial charge in [-0.05, 0) is 54.4 Å². The molecule has 1 aromatic heterocycles. The van der Waals surface area contributed by atoms with Crippen LogP contribution in [0.1, 0.15) is 55.3 Å². The van der Waals surface area contributed by atoms with Gasteiger partial charge in [0.15, 0.2) is 7.85 Å². The Morgan fingerprint density at radius 1 is 1.43 bits per heavy atom. The van der Waals surface area contributed by atoms with Crippen LogP contribution in [-0.4, -0.2) is 12.8 Å². The lowest BCUT2D eigenvalue weighted by atomic mass is 9.89. The summed E-state index contributed by atoms with van der Waals surface area (Å²) in [4.78, 5) is 4.57. The molecular weight excluding hydrogens is 169 g/mol. The Bertz CT molecular complexity index is 354. The van der Waals surface area contributed by atoms with E-state index in [9.17, 15) is 0 Å².